The van der Waals surface area contributed by atoms with E-state index in [1.807, 2.05) is 24.3 Å². The van der Waals surface area contributed by atoms with Gasteiger partial charge in [-0.25, -0.2) is 0 Å². The molecule has 1 fully saturated rings. The number of halogens is 2. The first-order chi connectivity index (χ1) is 8.70. The zero-order chi connectivity index (χ0) is 13.0. The van der Waals surface area contributed by atoms with Gasteiger partial charge in [0.15, 0.2) is 0 Å². The Labute approximate surface area is 129 Å². The van der Waals surface area contributed by atoms with Gasteiger partial charge in [0, 0.05) is 21.9 Å². The van der Waals surface area contributed by atoms with Crippen molar-refractivity contribution in [3.63, 3.8) is 0 Å². The average Bonchev–Trinajstić information content (AvgIpc) is 2.34. The van der Waals surface area contributed by atoms with Crippen LogP contribution in [0.2, 0.25) is 0 Å². The Balaban J connectivity index is 1.85. The highest BCUT2D eigenvalue weighted by Gasteiger charge is 2.42. The van der Waals surface area contributed by atoms with Crippen LogP contribution in [0, 0.1) is 3.57 Å². The summed E-state index contributed by atoms with van der Waals surface area (Å²) in [7, 11) is 1.68. The summed E-state index contributed by atoms with van der Waals surface area (Å²) in [5, 5.41) is 0. The van der Waals surface area contributed by atoms with Crippen molar-refractivity contribution in [1.29, 1.82) is 0 Å². The molecule has 1 aromatic rings. The maximum absolute atomic E-state index is 5.94. The molecule has 3 unspecified atom stereocenters. The Hall–Kier alpha value is 0.150. The topological polar surface area (TPSA) is 27.7 Å². The number of hydrogen-bond acceptors (Lipinski definition) is 3. The zero-order valence-electron chi connectivity index (χ0n) is 10.1. The van der Waals surface area contributed by atoms with Crippen LogP contribution >= 0.6 is 38.5 Å². The van der Waals surface area contributed by atoms with Crippen molar-refractivity contribution < 1.29 is 14.2 Å². The van der Waals surface area contributed by atoms with Gasteiger partial charge in [0.2, 0.25) is 0 Å². The summed E-state index contributed by atoms with van der Waals surface area (Å²) >= 11 is 5.88. The summed E-state index contributed by atoms with van der Waals surface area (Å²) < 4.78 is 17.9. The molecule has 1 saturated carbocycles. The van der Waals surface area contributed by atoms with Crippen LogP contribution in [0.3, 0.4) is 0 Å². The fourth-order valence-corrected chi connectivity index (χ4v) is 3.21. The molecule has 0 aromatic heterocycles. The smallest absolute Gasteiger partial charge is 0.127 e. The predicted molar refractivity (Wildman–Crippen MR) is 82.5 cm³/mol. The van der Waals surface area contributed by atoms with Crippen LogP contribution in [-0.2, 0) is 9.47 Å². The minimum absolute atomic E-state index is 0.109. The third-order valence-corrected chi connectivity index (χ3v) is 4.43. The van der Waals surface area contributed by atoms with Gasteiger partial charge in [0.1, 0.15) is 18.0 Å². The fraction of sp³-hybridized carbons (Fsp3) is 0.538. The lowest BCUT2D eigenvalue weighted by atomic mass is 9.91. The third kappa shape index (κ3) is 3.82. The molecule has 1 aliphatic rings. The molecule has 0 N–H and O–H groups in total. The van der Waals surface area contributed by atoms with Crippen molar-refractivity contribution in [1.82, 2.24) is 0 Å². The van der Waals surface area contributed by atoms with Crippen LogP contribution in [-0.4, -0.2) is 37.4 Å². The van der Waals surface area contributed by atoms with E-state index in [0.717, 1.165) is 12.2 Å². The van der Waals surface area contributed by atoms with Crippen LogP contribution in [0.4, 0.5) is 0 Å². The number of alkyl halides is 1. The summed E-state index contributed by atoms with van der Waals surface area (Å²) in [6.07, 6.45) is 1.21. The third-order valence-electron chi connectivity index (χ3n) is 2.86. The van der Waals surface area contributed by atoms with Gasteiger partial charge in [-0.1, -0.05) is 22.0 Å². The Bertz CT molecular complexity index is 388. The molecule has 1 aliphatic carbocycles. The van der Waals surface area contributed by atoms with E-state index in [-0.39, 0.29) is 12.2 Å². The molecule has 0 amide bonds. The summed E-state index contributed by atoms with van der Waals surface area (Å²) in [5.41, 5.74) is 0. The fourth-order valence-electron chi connectivity index (χ4n) is 1.84. The zero-order valence-corrected chi connectivity index (χ0v) is 13.9. The molecule has 0 heterocycles. The average molecular weight is 427 g/mol. The monoisotopic (exact) mass is 426 g/mol. The van der Waals surface area contributed by atoms with Crippen LogP contribution < -0.4 is 4.74 Å². The maximum atomic E-state index is 5.94. The largest absolute Gasteiger partial charge is 0.488 e. The highest BCUT2D eigenvalue weighted by atomic mass is 127. The Morgan fingerprint density at radius 2 is 2.22 bits per heavy atom. The van der Waals surface area contributed by atoms with Gasteiger partial charge >= 0.3 is 0 Å². The summed E-state index contributed by atoms with van der Waals surface area (Å²) in [5.74, 6) is 0.909. The molecule has 18 heavy (non-hydrogen) atoms. The summed E-state index contributed by atoms with van der Waals surface area (Å²) in [6.45, 7) is 1.22. The highest BCUT2D eigenvalue weighted by Crippen LogP contribution is 2.34. The molecule has 100 valence electrons. The van der Waals surface area contributed by atoms with Crippen molar-refractivity contribution in [2.75, 3.05) is 20.3 Å². The van der Waals surface area contributed by atoms with E-state index in [2.05, 4.69) is 38.5 Å². The lowest BCUT2D eigenvalue weighted by molar-refractivity contribution is -0.0865. The van der Waals surface area contributed by atoms with Gasteiger partial charge in [0.05, 0.1) is 13.2 Å². The Kier molecular flexibility index (Phi) is 5.72. The molecule has 5 heteroatoms. The lowest BCUT2D eigenvalue weighted by Crippen LogP contribution is -2.52. The SMILES string of the molecule is COCCOC1C(Br)CC1Oc1cccc(I)c1. The summed E-state index contributed by atoms with van der Waals surface area (Å²) in [6, 6.07) is 8.07. The Morgan fingerprint density at radius 1 is 1.39 bits per heavy atom. The second kappa shape index (κ2) is 7.07. The molecule has 0 radical (unpaired) electrons. The first-order valence-electron chi connectivity index (χ1n) is 5.87. The molecule has 1 aromatic carbocycles. The van der Waals surface area contributed by atoms with Gasteiger partial charge in [-0.05, 0) is 40.8 Å². The Morgan fingerprint density at radius 3 is 2.89 bits per heavy atom. The predicted octanol–water partition coefficient (Wildman–Crippen LogP) is 3.24. The molecule has 0 bridgehead atoms. The quantitative estimate of drug-likeness (QED) is 0.397. The van der Waals surface area contributed by atoms with E-state index in [0.29, 0.717) is 18.0 Å². The molecule has 0 spiro atoms. The number of benzene rings is 1. The van der Waals surface area contributed by atoms with Crippen LogP contribution in [0.15, 0.2) is 24.3 Å². The van der Waals surface area contributed by atoms with Gasteiger partial charge in [-0.2, -0.15) is 0 Å². The number of hydrogen-bond donors (Lipinski definition) is 0. The van der Waals surface area contributed by atoms with E-state index < -0.39 is 0 Å². The first kappa shape index (κ1) is 14.6. The highest BCUT2D eigenvalue weighted by molar-refractivity contribution is 14.1. The van der Waals surface area contributed by atoms with Crippen molar-refractivity contribution in [3.8, 4) is 5.75 Å². The second-order valence-electron chi connectivity index (χ2n) is 4.19. The van der Waals surface area contributed by atoms with E-state index in [9.17, 15) is 0 Å². The van der Waals surface area contributed by atoms with Crippen molar-refractivity contribution in [2.45, 2.75) is 23.5 Å². The van der Waals surface area contributed by atoms with E-state index in [1.165, 1.54) is 3.57 Å². The molecule has 3 nitrogen and oxygen atoms in total. The van der Waals surface area contributed by atoms with Crippen LogP contribution in [0.1, 0.15) is 6.42 Å². The van der Waals surface area contributed by atoms with E-state index >= 15 is 0 Å². The van der Waals surface area contributed by atoms with Crippen molar-refractivity contribution >= 4 is 38.5 Å². The van der Waals surface area contributed by atoms with Gasteiger partial charge in [-0.3, -0.25) is 0 Å². The summed E-state index contributed by atoms with van der Waals surface area (Å²) in [4.78, 5) is 0.377. The lowest BCUT2D eigenvalue weighted by Gasteiger charge is -2.40. The second-order valence-corrected chi connectivity index (χ2v) is 6.62. The van der Waals surface area contributed by atoms with Crippen LogP contribution in [0.5, 0.6) is 5.75 Å². The first-order valence-corrected chi connectivity index (χ1v) is 7.87. The normalized spacial score (nSPS) is 26.7. The van der Waals surface area contributed by atoms with Gasteiger partial charge in [0.25, 0.3) is 0 Å². The molecule has 2 rings (SSSR count). The number of rotatable bonds is 6. The van der Waals surface area contributed by atoms with Crippen LogP contribution in [0.25, 0.3) is 0 Å². The minimum atomic E-state index is 0.109. The van der Waals surface area contributed by atoms with Gasteiger partial charge < -0.3 is 14.2 Å². The van der Waals surface area contributed by atoms with Crippen molar-refractivity contribution in [2.24, 2.45) is 0 Å². The number of methoxy groups -OCH3 is 1. The molecule has 0 saturated heterocycles. The maximum Gasteiger partial charge on any atom is 0.127 e. The van der Waals surface area contributed by atoms with Gasteiger partial charge in [-0.15, -0.1) is 0 Å². The van der Waals surface area contributed by atoms with E-state index in [1.54, 1.807) is 7.11 Å². The molecular formula is C13H16BrIO3. The standard InChI is InChI=1S/C13H16BrIO3/c1-16-5-6-17-13-11(14)8-12(13)18-10-4-2-3-9(15)7-10/h2-4,7,11-13H,5-6,8H2,1H3. The molecule has 0 aliphatic heterocycles. The molecule has 3 atom stereocenters. The minimum Gasteiger partial charge on any atom is -0.488 e. The number of ether oxygens (including phenoxy) is 3. The van der Waals surface area contributed by atoms with Crippen molar-refractivity contribution in [3.05, 3.63) is 27.8 Å². The molecular weight excluding hydrogens is 411 g/mol. The van der Waals surface area contributed by atoms with E-state index in [4.69, 9.17) is 14.2 Å².